The van der Waals surface area contributed by atoms with E-state index >= 15 is 0 Å². The molecule has 0 bridgehead atoms. The minimum absolute atomic E-state index is 0.0640. The summed E-state index contributed by atoms with van der Waals surface area (Å²) in [5.74, 6) is -0.661. The molecule has 1 fully saturated rings. The lowest BCUT2D eigenvalue weighted by Gasteiger charge is -2.21. The van der Waals surface area contributed by atoms with Crippen LogP contribution in [0.1, 0.15) is 25.8 Å². The van der Waals surface area contributed by atoms with Gasteiger partial charge in [-0.1, -0.05) is 12.1 Å². The molecular weight excluding hydrogens is 446 g/mol. The maximum absolute atomic E-state index is 12.6. The molecule has 0 saturated carbocycles. The van der Waals surface area contributed by atoms with Crippen LogP contribution >= 0.6 is 11.8 Å². The zero-order valence-corrected chi connectivity index (χ0v) is 20.4. The van der Waals surface area contributed by atoms with Crippen molar-refractivity contribution in [2.24, 2.45) is 5.92 Å². The monoisotopic (exact) mass is 475 g/mol. The summed E-state index contributed by atoms with van der Waals surface area (Å²) in [6.45, 7) is 4.25. The molecular formula is C23H29N3O4S2. The Bertz CT molecular complexity index is 1070. The fourth-order valence-electron chi connectivity index (χ4n) is 3.45. The van der Waals surface area contributed by atoms with E-state index in [2.05, 4.69) is 5.32 Å². The maximum Gasteiger partial charge on any atom is 0.243 e. The van der Waals surface area contributed by atoms with E-state index in [-0.39, 0.29) is 35.7 Å². The van der Waals surface area contributed by atoms with Crippen LogP contribution in [0.15, 0.2) is 58.3 Å². The second-order valence-electron chi connectivity index (χ2n) is 8.08. The minimum atomic E-state index is -3.54. The van der Waals surface area contributed by atoms with Crippen molar-refractivity contribution in [2.75, 3.05) is 24.7 Å². The number of carbonyl (C=O) groups is 2. The molecule has 32 heavy (non-hydrogen) atoms. The Hall–Kier alpha value is -2.36. The normalized spacial score (nSPS) is 16.8. The molecule has 1 saturated heterocycles. The third-order valence-corrected chi connectivity index (χ3v) is 8.47. The third kappa shape index (κ3) is 5.33. The van der Waals surface area contributed by atoms with E-state index < -0.39 is 15.9 Å². The van der Waals surface area contributed by atoms with Gasteiger partial charge in [-0.25, -0.2) is 8.42 Å². The second kappa shape index (κ2) is 10.1. The number of carbonyl (C=O) groups excluding carboxylic acids is 2. The molecule has 1 aliphatic heterocycles. The Morgan fingerprint density at radius 2 is 1.78 bits per heavy atom. The summed E-state index contributed by atoms with van der Waals surface area (Å²) in [5, 5.41) is 2.87. The summed E-state index contributed by atoms with van der Waals surface area (Å²) >= 11 is 1.63. The molecule has 172 valence electrons. The van der Waals surface area contributed by atoms with E-state index in [1.54, 1.807) is 48.0 Å². The van der Waals surface area contributed by atoms with Gasteiger partial charge in [-0.05, 0) is 62.1 Å². The first-order valence-electron chi connectivity index (χ1n) is 10.4. The highest BCUT2D eigenvalue weighted by Crippen LogP contribution is 2.27. The molecule has 1 heterocycles. The number of hydrogen-bond acceptors (Lipinski definition) is 5. The maximum atomic E-state index is 12.6. The van der Waals surface area contributed by atoms with E-state index in [1.165, 1.54) is 4.31 Å². The molecule has 9 heteroatoms. The Morgan fingerprint density at radius 1 is 1.16 bits per heavy atom. The number of rotatable bonds is 8. The molecule has 1 aliphatic rings. The highest BCUT2D eigenvalue weighted by molar-refractivity contribution is 7.98. The van der Waals surface area contributed by atoms with Crippen LogP contribution in [-0.2, 0) is 26.2 Å². The van der Waals surface area contributed by atoms with Crippen LogP contribution in [0.2, 0.25) is 0 Å². The smallest absolute Gasteiger partial charge is 0.243 e. The van der Waals surface area contributed by atoms with Crippen LogP contribution in [0.4, 0.5) is 5.69 Å². The van der Waals surface area contributed by atoms with Gasteiger partial charge in [0, 0.05) is 43.2 Å². The van der Waals surface area contributed by atoms with E-state index in [1.807, 2.05) is 44.4 Å². The molecule has 2 aromatic carbocycles. The second-order valence-corrected chi connectivity index (χ2v) is 11.0. The molecule has 0 aliphatic carbocycles. The first-order valence-corrected chi connectivity index (χ1v) is 13.1. The van der Waals surface area contributed by atoms with Crippen molar-refractivity contribution in [3.63, 3.8) is 0 Å². The van der Waals surface area contributed by atoms with Crippen LogP contribution in [0.3, 0.4) is 0 Å². The molecule has 2 amide bonds. The highest BCUT2D eigenvalue weighted by Gasteiger charge is 2.35. The van der Waals surface area contributed by atoms with Crippen molar-refractivity contribution < 1.29 is 18.0 Å². The quantitative estimate of drug-likeness (QED) is 0.593. The molecule has 1 unspecified atom stereocenters. The summed E-state index contributed by atoms with van der Waals surface area (Å²) in [7, 11) is -1.99. The van der Waals surface area contributed by atoms with Crippen molar-refractivity contribution in [1.82, 2.24) is 9.62 Å². The van der Waals surface area contributed by atoms with Crippen LogP contribution < -0.4 is 10.2 Å². The average molecular weight is 476 g/mol. The molecule has 0 aromatic heterocycles. The number of anilines is 1. The van der Waals surface area contributed by atoms with Gasteiger partial charge in [-0.3, -0.25) is 9.59 Å². The number of nitrogens with zero attached hydrogens (tertiary/aromatic N) is 2. The van der Waals surface area contributed by atoms with Crippen LogP contribution in [0.25, 0.3) is 0 Å². The lowest BCUT2D eigenvalue weighted by Crippen LogP contribution is -2.33. The standard InChI is InChI=1S/C23H29N3O4S2/c1-16(2)25(3)32(29,30)21-11-5-17(6-12-21)14-24-23(28)18-13-22(27)26(15-18)19-7-9-20(31-4)10-8-19/h5-12,16,18H,13-15H2,1-4H3,(H,24,28). The lowest BCUT2D eigenvalue weighted by atomic mass is 10.1. The van der Waals surface area contributed by atoms with Gasteiger partial charge in [0.25, 0.3) is 0 Å². The summed E-state index contributed by atoms with van der Waals surface area (Å²) < 4.78 is 26.4. The first kappa shape index (κ1) is 24.3. The summed E-state index contributed by atoms with van der Waals surface area (Å²) in [4.78, 5) is 28.1. The summed E-state index contributed by atoms with van der Waals surface area (Å²) in [6.07, 6.45) is 2.17. The van der Waals surface area contributed by atoms with Gasteiger partial charge < -0.3 is 10.2 Å². The van der Waals surface area contributed by atoms with Crippen LogP contribution in [0, 0.1) is 5.92 Å². The van der Waals surface area contributed by atoms with Crippen LogP contribution in [0.5, 0.6) is 0 Å². The SMILES string of the molecule is CSc1ccc(N2CC(C(=O)NCc3ccc(S(=O)(=O)N(C)C(C)C)cc3)CC2=O)cc1. The van der Waals surface area contributed by atoms with Gasteiger partial charge in [0.1, 0.15) is 0 Å². The fourth-order valence-corrected chi connectivity index (χ4v) is 5.23. The molecule has 1 N–H and O–H groups in total. The Kier molecular flexibility index (Phi) is 7.63. The number of nitrogens with one attached hydrogen (secondary N) is 1. The van der Waals surface area contributed by atoms with Crippen molar-refractivity contribution in [1.29, 1.82) is 0 Å². The fraction of sp³-hybridized carbons (Fsp3) is 0.391. The van der Waals surface area contributed by atoms with E-state index in [9.17, 15) is 18.0 Å². The number of benzene rings is 2. The minimum Gasteiger partial charge on any atom is -0.352 e. The number of amides is 2. The topological polar surface area (TPSA) is 86.8 Å². The van der Waals surface area contributed by atoms with Gasteiger partial charge in [-0.15, -0.1) is 11.8 Å². The van der Waals surface area contributed by atoms with E-state index in [0.717, 1.165) is 16.1 Å². The van der Waals surface area contributed by atoms with Crippen molar-refractivity contribution in [2.45, 2.75) is 42.6 Å². The first-order chi connectivity index (χ1) is 15.1. The van der Waals surface area contributed by atoms with Gasteiger partial charge in [0.15, 0.2) is 0 Å². The molecule has 2 aromatic rings. The highest BCUT2D eigenvalue weighted by atomic mass is 32.2. The molecule has 0 spiro atoms. The van der Waals surface area contributed by atoms with Crippen LogP contribution in [-0.4, -0.2) is 50.4 Å². The number of thioether (sulfide) groups is 1. The van der Waals surface area contributed by atoms with Gasteiger partial charge in [-0.2, -0.15) is 4.31 Å². The molecule has 1 atom stereocenters. The van der Waals surface area contributed by atoms with Gasteiger partial charge in [0.05, 0.1) is 10.8 Å². The Balaban J connectivity index is 1.58. The predicted molar refractivity (Wildman–Crippen MR) is 127 cm³/mol. The zero-order chi connectivity index (χ0) is 23.5. The Morgan fingerprint density at radius 3 is 2.34 bits per heavy atom. The van der Waals surface area contributed by atoms with Crippen molar-refractivity contribution >= 4 is 39.3 Å². The predicted octanol–water partition coefficient (Wildman–Crippen LogP) is 3.11. The van der Waals surface area contributed by atoms with Gasteiger partial charge in [0.2, 0.25) is 21.8 Å². The average Bonchev–Trinajstić information content (AvgIpc) is 3.18. The molecule has 3 rings (SSSR count). The number of sulfonamides is 1. The van der Waals surface area contributed by atoms with E-state index in [4.69, 9.17) is 0 Å². The van der Waals surface area contributed by atoms with Crippen molar-refractivity contribution in [3.05, 3.63) is 54.1 Å². The van der Waals surface area contributed by atoms with Crippen molar-refractivity contribution in [3.8, 4) is 0 Å². The molecule has 0 radical (unpaired) electrons. The largest absolute Gasteiger partial charge is 0.352 e. The summed E-state index contributed by atoms with van der Waals surface area (Å²) in [5.41, 5.74) is 1.59. The number of hydrogen-bond donors (Lipinski definition) is 1. The van der Waals surface area contributed by atoms with E-state index in [0.29, 0.717) is 6.54 Å². The van der Waals surface area contributed by atoms with Gasteiger partial charge >= 0.3 is 0 Å². The molecule has 7 nitrogen and oxygen atoms in total. The lowest BCUT2D eigenvalue weighted by molar-refractivity contribution is -0.126. The Labute approximate surface area is 194 Å². The third-order valence-electron chi connectivity index (χ3n) is 5.67. The summed E-state index contributed by atoms with van der Waals surface area (Å²) in [6, 6.07) is 14.1. The zero-order valence-electron chi connectivity index (χ0n) is 18.7.